The number of hydrogen-bond acceptors (Lipinski definition) is 4. The number of amides is 2. The van der Waals surface area contributed by atoms with Crippen LogP contribution in [0.25, 0.3) is 0 Å². The van der Waals surface area contributed by atoms with Gasteiger partial charge in [-0.25, -0.2) is 0 Å². The van der Waals surface area contributed by atoms with Crippen molar-refractivity contribution in [1.82, 2.24) is 14.8 Å². The van der Waals surface area contributed by atoms with Crippen molar-refractivity contribution in [1.29, 1.82) is 0 Å². The molecule has 1 N–H and O–H groups in total. The van der Waals surface area contributed by atoms with Crippen LogP contribution in [0.5, 0.6) is 0 Å². The first-order valence-electron chi connectivity index (χ1n) is 9.46. The Balaban J connectivity index is 1.51. The molecule has 0 unspecified atom stereocenters. The summed E-state index contributed by atoms with van der Waals surface area (Å²) in [6.45, 7) is 5.71. The number of nitrogens with zero attached hydrogens (tertiary/aromatic N) is 3. The highest BCUT2D eigenvalue weighted by Gasteiger charge is 2.19. The Labute approximate surface area is 174 Å². The lowest BCUT2D eigenvalue weighted by Crippen LogP contribution is -2.36. The Hall–Kier alpha value is -2.25. The minimum atomic E-state index is -0.0660. The molecule has 148 valence electrons. The lowest BCUT2D eigenvalue weighted by Gasteiger charge is -2.22. The highest BCUT2D eigenvalue weighted by Crippen LogP contribution is 2.15. The average Bonchev–Trinajstić information content (AvgIpc) is 2.89. The number of nitrogens with one attached hydrogen (secondary N) is 1. The van der Waals surface area contributed by atoms with E-state index in [0.29, 0.717) is 6.42 Å². The maximum absolute atomic E-state index is 12.7. The molecule has 1 aliphatic rings. The van der Waals surface area contributed by atoms with Crippen molar-refractivity contribution in [2.24, 2.45) is 0 Å². The van der Waals surface area contributed by atoms with Crippen LogP contribution in [0.1, 0.15) is 24.5 Å². The number of pyridine rings is 1. The molecular weight excluding hydrogens is 420 g/mol. The van der Waals surface area contributed by atoms with E-state index in [9.17, 15) is 9.59 Å². The van der Waals surface area contributed by atoms with E-state index in [1.807, 2.05) is 35.2 Å². The van der Waals surface area contributed by atoms with Crippen LogP contribution in [0.15, 0.2) is 47.2 Å². The molecule has 1 saturated heterocycles. The Morgan fingerprint density at radius 1 is 1.07 bits per heavy atom. The molecule has 0 atom stereocenters. The van der Waals surface area contributed by atoms with E-state index in [4.69, 9.17) is 0 Å². The second-order valence-electron chi connectivity index (χ2n) is 7.08. The number of carbonyl (C=O) groups is 2. The smallest absolute Gasteiger partial charge is 0.227 e. The highest BCUT2D eigenvalue weighted by atomic mass is 79.9. The fourth-order valence-electron chi connectivity index (χ4n) is 3.37. The predicted molar refractivity (Wildman–Crippen MR) is 113 cm³/mol. The number of hydrogen-bond donors (Lipinski definition) is 1. The zero-order valence-corrected chi connectivity index (χ0v) is 17.6. The quantitative estimate of drug-likeness (QED) is 0.769. The predicted octanol–water partition coefficient (Wildman–Crippen LogP) is 3.08. The molecule has 0 spiro atoms. The second kappa shape index (κ2) is 9.80. The molecule has 0 bridgehead atoms. The molecule has 1 aromatic carbocycles. The molecule has 1 aliphatic heterocycles. The molecule has 2 aromatic rings. The normalized spacial score (nSPS) is 15.1. The first-order chi connectivity index (χ1) is 13.5. The minimum Gasteiger partial charge on any atom is -0.341 e. The molecule has 6 nitrogen and oxygen atoms in total. The monoisotopic (exact) mass is 444 g/mol. The van der Waals surface area contributed by atoms with Gasteiger partial charge in [0.25, 0.3) is 0 Å². The first kappa shape index (κ1) is 20.5. The van der Waals surface area contributed by atoms with Gasteiger partial charge in [-0.2, -0.15) is 0 Å². The van der Waals surface area contributed by atoms with Crippen LogP contribution in [-0.4, -0.2) is 52.8 Å². The van der Waals surface area contributed by atoms with Gasteiger partial charge in [0.1, 0.15) is 0 Å². The SMILES string of the molecule is CC(=O)Nc1ccc(CN2CCCN(C(=O)Cc3cncc(Br)c3)CC2)cc1. The maximum Gasteiger partial charge on any atom is 0.227 e. The van der Waals surface area contributed by atoms with Crippen LogP contribution in [-0.2, 0) is 22.6 Å². The van der Waals surface area contributed by atoms with Crippen LogP contribution in [0.4, 0.5) is 5.69 Å². The summed E-state index contributed by atoms with van der Waals surface area (Å²) in [7, 11) is 0. The lowest BCUT2D eigenvalue weighted by atomic mass is 10.2. The Morgan fingerprint density at radius 3 is 2.57 bits per heavy atom. The first-order valence-corrected chi connectivity index (χ1v) is 10.2. The molecule has 0 aliphatic carbocycles. The van der Waals surface area contributed by atoms with Gasteiger partial charge in [0.15, 0.2) is 0 Å². The molecule has 28 heavy (non-hydrogen) atoms. The number of anilines is 1. The standard InChI is InChI=1S/C21H25BrN4O2/c1-16(27)24-20-5-3-17(4-6-20)15-25-7-2-8-26(10-9-25)21(28)12-18-11-19(22)14-23-13-18/h3-6,11,13-14H,2,7-10,12,15H2,1H3,(H,24,27). The zero-order chi connectivity index (χ0) is 19.9. The number of benzene rings is 1. The minimum absolute atomic E-state index is 0.0660. The van der Waals surface area contributed by atoms with Crippen LogP contribution in [0.3, 0.4) is 0 Å². The molecule has 7 heteroatoms. The second-order valence-corrected chi connectivity index (χ2v) is 7.99. The van der Waals surface area contributed by atoms with Gasteiger partial charge < -0.3 is 10.2 Å². The molecule has 2 amide bonds. The summed E-state index contributed by atoms with van der Waals surface area (Å²) in [5, 5.41) is 2.78. The van der Waals surface area contributed by atoms with Crippen LogP contribution in [0.2, 0.25) is 0 Å². The fraction of sp³-hybridized carbons (Fsp3) is 0.381. The van der Waals surface area contributed by atoms with Crippen molar-refractivity contribution in [3.05, 3.63) is 58.3 Å². The highest BCUT2D eigenvalue weighted by molar-refractivity contribution is 9.10. The summed E-state index contributed by atoms with van der Waals surface area (Å²) in [5.74, 6) is 0.0880. The van der Waals surface area contributed by atoms with Gasteiger partial charge in [-0.15, -0.1) is 0 Å². The molecule has 0 saturated carbocycles. The summed E-state index contributed by atoms with van der Waals surface area (Å²) in [6.07, 6.45) is 4.82. The van der Waals surface area contributed by atoms with Gasteiger partial charge in [-0.05, 0) is 51.7 Å². The van der Waals surface area contributed by atoms with Gasteiger partial charge in [0.05, 0.1) is 6.42 Å². The number of carbonyl (C=O) groups excluding carboxylic acids is 2. The summed E-state index contributed by atoms with van der Waals surface area (Å²) in [6, 6.07) is 9.88. The Kier molecular flexibility index (Phi) is 7.17. The fourth-order valence-corrected chi connectivity index (χ4v) is 3.78. The number of rotatable bonds is 5. The average molecular weight is 445 g/mol. The van der Waals surface area contributed by atoms with E-state index in [1.54, 1.807) is 12.4 Å². The topological polar surface area (TPSA) is 65.5 Å². The van der Waals surface area contributed by atoms with Crippen LogP contribution < -0.4 is 5.32 Å². The van der Waals surface area contributed by atoms with Crippen LogP contribution in [0, 0.1) is 0 Å². The molecule has 1 fully saturated rings. The molecular formula is C21H25BrN4O2. The van der Waals surface area contributed by atoms with Crippen molar-refractivity contribution in [2.75, 3.05) is 31.5 Å². The van der Waals surface area contributed by atoms with Crippen molar-refractivity contribution < 1.29 is 9.59 Å². The zero-order valence-electron chi connectivity index (χ0n) is 16.0. The van der Waals surface area contributed by atoms with E-state index in [-0.39, 0.29) is 11.8 Å². The van der Waals surface area contributed by atoms with Gasteiger partial charge in [-0.3, -0.25) is 19.5 Å². The Bertz CT molecular complexity index is 825. The molecule has 2 heterocycles. The summed E-state index contributed by atoms with van der Waals surface area (Å²) >= 11 is 3.40. The Morgan fingerprint density at radius 2 is 1.86 bits per heavy atom. The lowest BCUT2D eigenvalue weighted by molar-refractivity contribution is -0.130. The van der Waals surface area contributed by atoms with E-state index in [2.05, 4.69) is 31.1 Å². The molecule has 1 aromatic heterocycles. The van der Waals surface area contributed by atoms with Gasteiger partial charge >= 0.3 is 0 Å². The van der Waals surface area contributed by atoms with Gasteiger partial charge in [-0.1, -0.05) is 12.1 Å². The third kappa shape index (κ3) is 6.14. The van der Waals surface area contributed by atoms with E-state index < -0.39 is 0 Å². The maximum atomic E-state index is 12.7. The van der Waals surface area contributed by atoms with E-state index >= 15 is 0 Å². The van der Waals surface area contributed by atoms with Crippen LogP contribution >= 0.6 is 15.9 Å². The van der Waals surface area contributed by atoms with Gasteiger partial charge in [0.2, 0.25) is 11.8 Å². The number of halogens is 1. The number of aromatic nitrogens is 1. The summed E-state index contributed by atoms with van der Waals surface area (Å²) in [5.41, 5.74) is 2.94. The largest absolute Gasteiger partial charge is 0.341 e. The van der Waals surface area contributed by atoms with Crippen molar-refractivity contribution in [3.8, 4) is 0 Å². The molecule has 0 radical (unpaired) electrons. The molecule has 3 rings (SSSR count). The summed E-state index contributed by atoms with van der Waals surface area (Å²) < 4.78 is 0.893. The van der Waals surface area contributed by atoms with E-state index in [1.165, 1.54) is 12.5 Å². The van der Waals surface area contributed by atoms with Crippen molar-refractivity contribution >= 4 is 33.4 Å². The van der Waals surface area contributed by atoms with E-state index in [0.717, 1.165) is 54.9 Å². The third-order valence-electron chi connectivity index (χ3n) is 4.74. The van der Waals surface area contributed by atoms with Crippen molar-refractivity contribution in [3.63, 3.8) is 0 Å². The van der Waals surface area contributed by atoms with Crippen molar-refractivity contribution in [2.45, 2.75) is 26.3 Å². The van der Waals surface area contributed by atoms with Gasteiger partial charge in [0, 0.05) is 62.2 Å². The summed E-state index contributed by atoms with van der Waals surface area (Å²) in [4.78, 5) is 32.2. The third-order valence-corrected chi connectivity index (χ3v) is 5.17.